The van der Waals surface area contributed by atoms with E-state index in [-0.39, 0.29) is 28.7 Å². The molecule has 1 spiro atoms. The molecule has 49 heavy (non-hydrogen) atoms. The third-order valence-electron chi connectivity index (χ3n) is 11.6. The number of amides is 1. The SMILES string of the molecule is CO[C@]1(c2ccc(F)nc2)/C=C/C[C@H](C)[C@@H](C)S(=O)(=O)NC(=O)c2ccc3c(c2)N(C[C@@H]2CC[C@H]21)C[C@@]1(CCCc2cc(Cl)ccc21)CO3. The molecule has 1 aromatic heterocycles. The number of nitrogens with one attached hydrogen (secondary N) is 1. The molecule has 1 fully saturated rings. The van der Waals surface area contributed by atoms with Crippen LogP contribution in [0.25, 0.3) is 0 Å². The normalized spacial score (nSPS) is 31.7. The highest BCUT2D eigenvalue weighted by atomic mass is 35.5. The number of aromatic nitrogens is 1. The van der Waals surface area contributed by atoms with Crippen molar-refractivity contribution in [2.24, 2.45) is 17.8 Å². The number of aryl methyl sites for hydroxylation is 1. The molecule has 1 N–H and O–H groups in total. The molecule has 1 amide bonds. The zero-order valence-corrected chi connectivity index (χ0v) is 29.7. The number of ether oxygens (including phenoxy) is 2. The number of rotatable bonds is 2. The lowest BCUT2D eigenvalue weighted by molar-refractivity contribution is -0.0806. The van der Waals surface area contributed by atoms with Crippen molar-refractivity contribution >= 4 is 33.2 Å². The Labute approximate surface area is 293 Å². The monoisotopic (exact) mass is 707 g/mol. The number of fused-ring (bicyclic) bond motifs is 4. The quantitative estimate of drug-likeness (QED) is 0.227. The largest absolute Gasteiger partial charge is 0.490 e. The molecule has 2 aromatic carbocycles. The van der Waals surface area contributed by atoms with Gasteiger partial charge in [0.15, 0.2) is 0 Å². The standard InChI is InChI=1S/C38H43ClFN3O5S/c1-24-6-4-17-38(47-3,29-10-15-35(40)41-20-29)32-12-8-28(32)21-43-22-37(16-5-7-26-18-30(39)11-13-31(26)37)23-48-34-14-9-27(19-33(34)43)36(44)42-49(45,46)25(24)2/h4,9-11,13-15,17-20,24-25,28,32H,5-8,12,16,21-23H2,1-3H3,(H,42,44)/b17-4+/t24-,25+,28-,32+,37-,38-/m0/s1. The van der Waals surface area contributed by atoms with E-state index in [2.05, 4.69) is 26.7 Å². The van der Waals surface area contributed by atoms with E-state index in [4.69, 9.17) is 21.1 Å². The molecule has 4 aliphatic rings. The Morgan fingerprint density at radius 2 is 1.96 bits per heavy atom. The second-order valence-corrected chi connectivity index (χ2v) is 16.9. The van der Waals surface area contributed by atoms with E-state index in [0.29, 0.717) is 36.9 Å². The van der Waals surface area contributed by atoms with Crippen molar-refractivity contribution in [2.45, 2.75) is 68.6 Å². The molecular formula is C38H43ClFN3O5S. The summed E-state index contributed by atoms with van der Waals surface area (Å²) in [4.78, 5) is 19.9. The average molecular weight is 708 g/mol. The molecule has 8 nitrogen and oxygen atoms in total. The summed E-state index contributed by atoms with van der Waals surface area (Å²) in [6.07, 6.45) is 10.6. The van der Waals surface area contributed by atoms with E-state index in [1.807, 2.05) is 25.1 Å². The fourth-order valence-electron chi connectivity index (χ4n) is 8.50. The number of carbonyl (C=O) groups is 1. The lowest BCUT2D eigenvalue weighted by Crippen LogP contribution is -2.52. The first kappa shape index (κ1) is 34.0. The van der Waals surface area contributed by atoms with E-state index in [1.165, 1.54) is 17.2 Å². The Morgan fingerprint density at radius 3 is 2.69 bits per heavy atom. The lowest BCUT2D eigenvalue weighted by Gasteiger charge is -2.50. The highest BCUT2D eigenvalue weighted by Gasteiger charge is 2.50. The number of halogens is 2. The first-order valence-electron chi connectivity index (χ1n) is 17.2. The van der Waals surface area contributed by atoms with Crippen LogP contribution in [0.2, 0.25) is 5.02 Å². The number of benzene rings is 2. The Hall–Kier alpha value is -3.47. The number of methoxy groups -OCH3 is 1. The molecule has 2 bridgehead atoms. The van der Waals surface area contributed by atoms with Crippen molar-refractivity contribution in [1.82, 2.24) is 9.71 Å². The summed E-state index contributed by atoms with van der Waals surface area (Å²) >= 11 is 6.45. The van der Waals surface area contributed by atoms with Gasteiger partial charge in [0, 0.05) is 53.9 Å². The van der Waals surface area contributed by atoms with Crippen LogP contribution in [-0.4, -0.2) is 51.4 Å². The van der Waals surface area contributed by atoms with Gasteiger partial charge in [-0.3, -0.25) is 4.79 Å². The first-order valence-corrected chi connectivity index (χ1v) is 19.1. The minimum atomic E-state index is -4.01. The lowest BCUT2D eigenvalue weighted by atomic mass is 9.62. The number of hydrogen-bond donors (Lipinski definition) is 1. The molecule has 7 rings (SSSR count). The van der Waals surface area contributed by atoms with Gasteiger partial charge in [-0.25, -0.2) is 18.1 Å². The van der Waals surface area contributed by atoms with Gasteiger partial charge in [-0.05, 0) is 111 Å². The van der Waals surface area contributed by atoms with Gasteiger partial charge in [-0.2, -0.15) is 4.39 Å². The summed E-state index contributed by atoms with van der Waals surface area (Å²) in [5.74, 6) is -0.691. The predicted molar refractivity (Wildman–Crippen MR) is 188 cm³/mol. The summed E-state index contributed by atoms with van der Waals surface area (Å²) in [6, 6.07) is 14.4. The van der Waals surface area contributed by atoms with Crippen LogP contribution in [0, 0.1) is 23.7 Å². The van der Waals surface area contributed by atoms with Crippen LogP contribution >= 0.6 is 11.6 Å². The van der Waals surface area contributed by atoms with Gasteiger partial charge in [0.1, 0.15) is 11.4 Å². The number of pyridine rings is 1. The third-order valence-corrected chi connectivity index (χ3v) is 13.8. The van der Waals surface area contributed by atoms with E-state index in [9.17, 15) is 17.6 Å². The summed E-state index contributed by atoms with van der Waals surface area (Å²) in [7, 11) is -2.33. The molecule has 2 aliphatic carbocycles. The molecule has 3 aromatic rings. The fourth-order valence-corrected chi connectivity index (χ4v) is 9.98. The Morgan fingerprint density at radius 1 is 1.12 bits per heavy atom. The molecule has 1 saturated carbocycles. The van der Waals surface area contributed by atoms with Gasteiger partial charge in [0.2, 0.25) is 16.0 Å². The Bertz CT molecular complexity index is 1890. The van der Waals surface area contributed by atoms with Crippen LogP contribution in [0.3, 0.4) is 0 Å². The van der Waals surface area contributed by atoms with E-state index in [1.54, 1.807) is 44.5 Å². The van der Waals surface area contributed by atoms with Gasteiger partial charge in [0.05, 0.1) is 17.5 Å². The minimum Gasteiger partial charge on any atom is -0.490 e. The number of carbonyl (C=O) groups excluding carboxylic acids is 1. The molecule has 3 heterocycles. The maximum Gasteiger partial charge on any atom is 0.264 e. The average Bonchev–Trinajstić information content (AvgIpc) is 3.22. The van der Waals surface area contributed by atoms with Crippen molar-refractivity contribution in [3.63, 3.8) is 0 Å². The van der Waals surface area contributed by atoms with Crippen LogP contribution in [0.1, 0.15) is 73.0 Å². The van der Waals surface area contributed by atoms with Crippen molar-refractivity contribution < 1.29 is 27.1 Å². The predicted octanol–water partition coefficient (Wildman–Crippen LogP) is 6.96. The molecule has 0 saturated heterocycles. The number of allylic oxidation sites excluding steroid dienone is 1. The maximum atomic E-state index is 14.1. The fraction of sp³-hybridized carbons (Fsp3) is 0.474. The minimum absolute atomic E-state index is 0.0258. The summed E-state index contributed by atoms with van der Waals surface area (Å²) in [5.41, 5.74) is 2.98. The molecule has 11 heteroatoms. The van der Waals surface area contributed by atoms with Crippen molar-refractivity contribution in [2.75, 3.05) is 31.7 Å². The van der Waals surface area contributed by atoms with E-state index in [0.717, 1.165) is 43.4 Å². The van der Waals surface area contributed by atoms with Crippen LogP contribution < -0.4 is 14.4 Å². The molecule has 0 unspecified atom stereocenters. The number of hydrogen-bond acceptors (Lipinski definition) is 7. The third kappa shape index (κ3) is 6.14. The summed E-state index contributed by atoms with van der Waals surface area (Å²) in [5, 5.41) is -0.139. The van der Waals surface area contributed by atoms with Crippen LogP contribution in [0.5, 0.6) is 5.75 Å². The number of sulfonamides is 1. The zero-order chi connectivity index (χ0) is 34.6. The highest BCUT2D eigenvalue weighted by molar-refractivity contribution is 7.90. The van der Waals surface area contributed by atoms with Crippen molar-refractivity contribution in [3.05, 3.63) is 100 Å². The van der Waals surface area contributed by atoms with Crippen molar-refractivity contribution in [3.8, 4) is 5.75 Å². The maximum absolute atomic E-state index is 14.1. The highest BCUT2D eigenvalue weighted by Crippen LogP contribution is 2.52. The number of nitrogens with zero attached hydrogens (tertiary/aromatic N) is 2. The van der Waals surface area contributed by atoms with Gasteiger partial charge in [-0.1, -0.05) is 36.7 Å². The van der Waals surface area contributed by atoms with Crippen LogP contribution in [0.15, 0.2) is 66.9 Å². The van der Waals surface area contributed by atoms with Gasteiger partial charge < -0.3 is 14.4 Å². The molecule has 2 aliphatic heterocycles. The molecule has 6 atom stereocenters. The molecule has 0 radical (unpaired) electrons. The summed E-state index contributed by atoms with van der Waals surface area (Å²) in [6.45, 7) is 5.22. The van der Waals surface area contributed by atoms with Gasteiger partial charge >= 0.3 is 0 Å². The van der Waals surface area contributed by atoms with Crippen LogP contribution in [-0.2, 0) is 32.2 Å². The van der Waals surface area contributed by atoms with E-state index < -0.39 is 32.7 Å². The summed E-state index contributed by atoms with van der Waals surface area (Å²) < 4.78 is 56.4. The second kappa shape index (κ2) is 13.0. The first-order chi connectivity index (χ1) is 23.4. The zero-order valence-electron chi connectivity index (χ0n) is 28.1. The number of anilines is 1. The molecule has 260 valence electrons. The Kier molecular flexibility index (Phi) is 9.03. The van der Waals surface area contributed by atoms with Gasteiger partial charge in [0.25, 0.3) is 5.91 Å². The van der Waals surface area contributed by atoms with Crippen LogP contribution in [0.4, 0.5) is 10.1 Å². The molecular weight excluding hydrogens is 665 g/mol. The van der Waals surface area contributed by atoms with E-state index >= 15 is 0 Å². The topological polar surface area (TPSA) is 97.8 Å². The van der Waals surface area contributed by atoms with Crippen molar-refractivity contribution in [1.29, 1.82) is 0 Å². The second-order valence-electron chi connectivity index (χ2n) is 14.4. The van der Waals surface area contributed by atoms with Gasteiger partial charge in [-0.15, -0.1) is 0 Å². The smallest absolute Gasteiger partial charge is 0.264 e. The Balaban J connectivity index is 1.36.